The van der Waals surface area contributed by atoms with E-state index < -0.39 is 11.7 Å². The Balaban J connectivity index is 3.13. The quantitative estimate of drug-likeness (QED) is 0.777. The number of hydrogen-bond acceptors (Lipinski definition) is 1. The summed E-state index contributed by atoms with van der Waals surface area (Å²) < 4.78 is 38.3. The van der Waals surface area contributed by atoms with Gasteiger partial charge in [-0.2, -0.15) is 13.2 Å². The summed E-state index contributed by atoms with van der Waals surface area (Å²) in [6.07, 6.45) is -4.42. The van der Waals surface area contributed by atoms with E-state index in [0.29, 0.717) is 4.47 Å². The van der Waals surface area contributed by atoms with Crippen LogP contribution in [-0.4, -0.2) is 12.2 Å². The van der Waals surface area contributed by atoms with Gasteiger partial charge in [-0.1, -0.05) is 15.9 Å². The number of halogens is 4. The lowest BCUT2D eigenvalue weighted by molar-refractivity contribution is -0.136. The largest absolute Gasteiger partial charge is 0.418 e. The Hall–Kier alpha value is -0.820. The highest BCUT2D eigenvalue weighted by molar-refractivity contribution is 9.10. The number of anilines is 1. The summed E-state index contributed by atoms with van der Waals surface area (Å²) in [5.74, 6) is 0. The molecule has 7 heteroatoms. The molecule has 1 aromatic rings. The average Bonchev–Trinajstić information content (AvgIpc) is 2.19. The van der Waals surface area contributed by atoms with Gasteiger partial charge in [0.1, 0.15) is 0 Å². The number of alkyl halides is 3. The van der Waals surface area contributed by atoms with Crippen molar-refractivity contribution in [3.8, 4) is 0 Å². The Bertz CT molecular complexity index is 406. The Morgan fingerprint density at radius 1 is 1.38 bits per heavy atom. The minimum Gasteiger partial charge on any atom is -0.366 e. The van der Waals surface area contributed by atoms with Crippen molar-refractivity contribution in [2.45, 2.75) is 6.18 Å². The van der Waals surface area contributed by atoms with Crippen LogP contribution in [-0.2, 0) is 6.18 Å². The molecule has 2 N–H and O–H groups in total. The second-order valence-electron chi connectivity index (χ2n) is 2.89. The van der Waals surface area contributed by atoms with Gasteiger partial charge in [0.15, 0.2) is 5.11 Å². The van der Waals surface area contributed by atoms with Crippen molar-refractivity contribution in [1.29, 1.82) is 0 Å². The van der Waals surface area contributed by atoms with E-state index in [0.717, 1.165) is 6.07 Å². The molecule has 0 aliphatic heterocycles. The Morgan fingerprint density at radius 2 is 2.00 bits per heavy atom. The van der Waals surface area contributed by atoms with Crippen molar-refractivity contribution in [2.24, 2.45) is 0 Å². The van der Waals surface area contributed by atoms with E-state index in [1.807, 2.05) is 0 Å². The van der Waals surface area contributed by atoms with Crippen LogP contribution in [0.15, 0.2) is 22.7 Å². The third-order valence-corrected chi connectivity index (χ3v) is 2.56. The van der Waals surface area contributed by atoms with Crippen molar-refractivity contribution in [3.05, 3.63) is 28.2 Å². The molecule has 0 radical (unpaired) electrons. The highest BCUT2D eigenvalue weighted by Crippen LogP contribution is 2.36. The lowest BCUT2D eigenvalue weighted by Gasteiger charge is -2.15. The molecule has 1 aromatic carbocycles. The Morgan fingerprint density at radius 3 is 2.50 bits per heavy atom. The van der Waals surface area contributed by atoms with Crippen molar-refractivity contribution in [1.82, 2.24) is 5.32 Å². The molecule has 0 saturated carbocycles. The van der Waals surface area contributed by atoms with Gasteiger partial charge in [0.05, 0.1) is 11.3 Å². The van der Waals surface area contributed by atoms with Crippen molar-refractivity contribution < 1.29 is 13.2 Å². The summed E-state index contributed by atoms with van der Waals surface area (Å²) in [5.41, 5.74) is -0.838. The van der Waals surface area contributed by atoms with Gasteiger partial charge < -0.3 is 10.6 Å². The van der Waals surface area contributed by atoms with E-state index >= 15 is 0 Å². The standard InChI is InChI=1S/C9H8BrF3N2S/c1-14-8(16)15-7-3-2-5(10)4-6(7)9(11,12)13/h2-4H,1H3,(H2,14,15,16). The highest BCUT2D eigenvalue weighted by atomic mass is 79.9. The first kappa shape index (κ1) is 13.2. The van der Waals surface area contributed by atoms with Crippen LogP contribution in [0.25, 0.3) is 0 Å². The molecular formula is C9H8BrF3N2S. The zero-order valence-electron chi connectivity index (χ0n) is 8.15. The molecule has 0 spiro atoms. The lowest BCUT2D eigenvalue weighted by Crippen LogP contribution is -2.25. The van der Waals surface area contributed by atoms with Gasteiger partial charge in [-0.05, 0) is 30.4 Å². The van der Waals surface area contributed by atoms with Crippen molar-refractivity contribution >= 4 is 38.9 Å². The van der Waals surface area contributed by atoms with Gasteiger partial charge >= 0.3 is 6.18 Å². The SMILES string of the molecule is CNC(=S)Nc1ccc(Br)cc1C(F)(F)F. The maximum absolute atomic E-state index is 12.7. The van der Waals surface area contributed by atoms with Gasteiger partial charge in [0.25, 0.3) is 0 Å². The molecule has 2 nitrogen and oxygen atoms in total. The molecule has 0 aromatic heterocycles. The summed E-state index contributed by atoms with van der Waals surface area (Å²) in [4.78, 5) is 0. The highest BCUT2D eigenvalue weighted by Gasteiger charge is 2.33. The van der Waals surface area contributed by atoms with E-state index in [2.05, 4.69) is 26.6 Å². The van der Waals surface area contributed by atoms with Crippen LogP contribution in [0, 0.1) is 0 Å². The molecule has 0 heterocycles. The topological polar surface area (TPSA) is 24.1 Å². The summed E-state index contributed by atoms with van der Waals surface area (Å²) in [6.45, 7) is 0. The van der Waals surface area contributed by atoms with Crippen LogP contribution in [0.2, 0.25) is 0 Å². The van der Waals surface area contributed by atoms with Gasteiger partial charge in [0, 0.05) is 11.5 Å². The number of rotatable bonds is 1. The average molecular weight is 313 g/mol. The van der Waals surface area contributed by atoms with Crippen molar-refractivity contribution in [3.63, 3.8) is 0 Å². The minimum atomic E-state index is -4.42. The number of thiocarbonyl (C=S) groups is 1. The molecule has 0 saturated heterocycles. The molecule has 0 unspecified atom stereocenters. The first-order chi connectivity index (χ1) is 7.34. The fraction of sp³-hybridized carbons (Fsp3) is 0.222. The summed E-state index contributed by atoms with van der Waals surface area (Å²) >= 11 is 7.75. The molecular weight excluding hydrogens is 305 g/mol. The maximum atomic E-state index is 12.7. The zero-order valence-corrected chi connectivity index (χ0v) is 10.6. The van der Waals surface area contributed by atoms with Crippen LogP contribution in [0.3, 0.4) is 0 Å². The van der Waals surface area contributed by atoms with Crippen LogP contribution in [0.1, 0.15) is 5.56 Å². The molecule has 0 atom stereocenters. The second-order valence-corrected chi connectivity index (χ2v) is 4.22. The minimum absolute atomic E-state index is 0.0740. The predicted octanol–water partition coefficient (Wildman–Crippen LogP) is 3.38. The summed E-state index contributed by atoms with van der Waals surface area (Å²) in [5, 5.41) is 5.15. The fourth-order valence-electron chi connectivity index (χ4n) is 1.04. The third kappa shape index (κ3) is 3.34. The second kappa shape index (κ2) is 5.01. The van der Waals surface area contributed by atoms with Gasteiger partial charge in [-0.25, -0.2) is 0 Å². The molecule has 0 fully saturated rings. The van der Waals surface area contributed by atoms with Crippen molar-refractivity contribution in [2.75, 3.05) is 12.4 Å². The molecule has 0 bridgehead atoms. The molecule has 0 aliphatic carbocycles. The van der Waals surface area contributed by atoms with Crippen LogP contribution in [0.4, 0.5) is 18.9 Å². The van der Waals surface area contributed by atoms with E-state index in [1.165, 1.54) is 19.2 Å². The van der Waals surface area contributed by atoms with Gasteiger partial charge in [0.2, 0.25) is 0 Å². The van der Waals surface area contributed by atoms with E-state index in [9.17, 15) is 13.2 Å². The molecule has 0 aliphatic rings. The molecule has 16 heavy (non-hydrogen) atoms. The van der Waals surface area contributed by atoms with E-state index in [1.54, 1.807) is 0 Å². The normalized spacial score (nSPS) is 11.1. The molecule has 88 valence electrons. The predicted molar refractivity (Wildman–Crippen MR) is 64.4 cm³/mol. The molecule has 0 amide bonds. The Labute approximate surface area is 104 Å². The summed E-state index contributed by atoms with van der Waals surface area (Å²) in [6, 6.07) is 3.83. The van der Waals surface area contributed by atoms with E-state index in [4.69, 9.17) is 12.2 Å². The monoisotopic (exact) mass is 312 g/mol. The van der Waals surface area contributed by atoms with Crippen LogP contribution >= 0.6 is 28.1 Å². The zero-order chi connectivity index (χ0) is 12.3. The van der Waals surface area contributed by atoms with E-state index in [-0.39, 0.29) is 10.8 Å². The number of benzene rings is 1. The fourth-order valence-corrected chi connectivity index (χ4v) is 1.52. The number of hydrogen-bond donors (Lipinski definition) is 2. The number of nitrogens with one attached hydrogen (secondary N) is 2. The van der Waals surface area contributed by atoms with Crippen LogP contribution < -0.4 is 10.6 Å². The van der Waals surface area contributed by atoms with Gasteiger partial charge in [-0.3, -0.25) is 0 Å². The third-order valence-electron chi connectivity index (χ3n) is 1.76. The maximum Gasteiger partial charge on any atom is 0.418 e. The first-order valence-corrected chi connectivity index (χ1v) is 5.40. The van der Waals surface area contributed by atoms with Gasteiger partial charge in [-0.15, -0.1) is 0 Å². The van der Waals surface area contributed by atoms with Crippen LogP contribution in [0.5, 0.6) is 0 Å². The lowest BCUT2D eigenvalue weighted by atomic mass is 10.1. The first-order valence-electron chi connectivity index (χ1n) is 4.20. The smallest absolute Gasteiger partial charge is 0.366 e. The Kier molecular flexibility index (Phi) is 4.15. The molecule has 1 rings (SSSR count). The summed E-state index contributed by atoms with van der Waals surface area (Å²) in [7, 11) is 1.53.